The van der Waals surface area contributed by atoms with E-state index in [1.807, 2.05) is 6.92 Å². The van der Waals surface area contributed by atoms with E-state index in [9.17, 15) is 0 Å². The number of hydrogen-bond acceptors (Lipinski definition) is 2. The van der Waals surface area contributed by atoms with Crippen LogP contribution in [0.15, 0.2) is 24.3 Å². The third kappa shape index (κ3) is 4.52. The number of rotatable bonds is 6. The summed E-state index contributed by atoms with van der Waals surface area (Å²) in [4.78, 5) is 0. The molecule has 0 spiro atoms. The Morgan fingerprint density at radius 2 is 1.70 bits per heavy atom. The van der Waals surface area contributed by atoms with E-state index in [-0.39, 0.29) is 6.29 Å². The second kappa shape index (κ2) is 7.68. The molecule has 0 aliphatic heterocycles. The van der Waals surface area contributed by atoms with E-state index < -0.39 is 0 Å². The standard InChI is InChI=1S/C18H28O2/c1-4-14(2)16-10-12-18(13-11-16)20-15(3)19-17-8-6-5-7-9-17/h10-15,17H,4-9H2,1-3H3. The zero-order valence-electron chi connectivity index (χ0n) is 13.1. The summed E-state index contributed by atoms with van der Waals surface area (Å²) in [6.45, 7) is 6.47. The first kappa shape index (κ1) is 15.4. The van der Waals surface area contributed by atoms with Crippen molar-refractivity contribution in [1.82, 2.24) is 0 Å². The minimum atomic E-state index is -0.160. The Morgan fingerprint density at radius 3 is 2.30 bits per heavy atom. The molecular formula is C18H28O2. The molecule has 0 N–H and O–H groups in total. The van der Waals surface area contributed by atoms with E-state index in [0.717, 1.165) is 5.75 Å². The zero-order chi connectivity index (χ0) is 14.4. The van der Waals surface area contributed by atoms with Gasteiger partial charge in [-0.1, -0.05) is 45.2 Å². The second-order valence-corrected chi connectivity index (χ2v) is 5.96. The van der Waals surface area contributed by atoms with Crippen LogP contribution in [0.2, 0.25) is 0 Å². The topological polar surface area (TPSA) is 18.5 Å². The van der Waals surface area contributed by atoms with Gasteiger partial charge in [0.05, 0.1) is 6.10 Å². The summed E-state index contributed by atoms with van der Waals surface area (Å²) in [5.74, 6) is 1.51. The van der Waals surface area contributed by atoms with Gasteiger partial charge in [-0.15, -0.1) is 0 Å². The first-order valence-electron chi connectivity index (χ1n) is 8.11. The predicted molar refractivity (Wildman–Crippen MR) is 83.2 cm³/mol. The van der Waals surface area contributed by atoms with Gasteiger partial charge in [0.2, 0.25) is 0 Å². The van der Waals surface area contributed by atoms with Crippen molar-refractivity contribution in [2.24, 2.45) is 0 Å². The van der Waals surface area contributed by atoms with Gasteiger partial charge in [0, 0.05) is 0 Å². The van der Waals surface area contributed by atoms with Gasteiger partial charge in [-0.05, 0) is 49.8 Å². The highest BCUT2D eigenvalue weighted by Gasteiger charge is 2.17. The fourth-order valence-corrected chi connectivity index (χ4v) is 2.80. The van der Waals surface area contributed by atoms with Crippen molar-refractivity contribution in [3.8, 4) is 5.75 Å². The summed E-state index contributed by atoms with van der Waals surface area (Å²) in [7, 11) is 0. The van der Waals surface area contributed by atoms with Gasteiger partial charge in [-0.3, -0.25) is 0 Å². The summed E-state index contributed by atoms with van der Waals surface area (Å²) in [6, 6.07) is 8.44. The largest absolute Gasteiger partial charge is 0.465 e. The average molecular weight is 276 g/mol. The third-order valence-corrected chi connectivity index (χ3v) is 4.30. The molecule has 0 bridgehead atoms. The molecule has 112 valence electrons. The second-order valence-electron chi connectivity index (χ2n) is 5.96. The molecule has 0 radical (unpaired) electrons. The van der Waals surface area contributed by atoms with E-state index in [4.69, 9.17) is 9.47 Å². The van der Waals surface area contributed by atoms with E-state index in [0.29, 0.717) is 12.0 Å². The monoisotopic (exact) mass is 276 g/mol. The minimum absolute atomic E-state index is 0.160. The molecular weight excluding hydrogens is 248 g/mol. The molecule has 2 rings (SSSR count). The van der Waals surface area contributed by atoms with Crippen LogP contribution < -0.4 is 4.74 Å². The molecule has 2 heteroatoms. The van der Waals surface area contributed by atoms with Crippen molar-refractivity contribution in [2.45, 2.75) is 77.6 Å². The molecule has 20 heavy (non-hydrogen) atoms. The normalized spacial score (nSPS) is 19.6. The van der Waals surface area contributed by atoms with Gasteiger partial charge in [-0.25, -0.2) is 0 Å². The van der Waals surface area contributed by atoms with Crippen molar-refractivity contribution >= 4 is 0 Å². The summed E-state index contributed by atoms with van der Waals surface area (Å²) in [6.07, 6.45) is 7.70. The summed E-state index contributed by atoms with van der Waals surface area (Å²) in [5.41, 5.74) is 1.38. The lowest BCUT2D eigenvalue weighted by Gasteiger charge is -2.26. The lowest BCUT2D eigenvalue weighted by atomic mass is 9.98. The molecule has 1 aromatic carbocycles. The fraction of sp³-hybridized carbons (Fsp3) is 0.667. The van der Waals surface area contributed by atoms with Gasteiger partial charge >= 0.3 is 0 Å². The Labute approximate surface area is 123 Å². The molecule has 1 aliphatic carbocycles. The Hall–Kier alpha value is -1.02. The maximum absolute atomic E-state index is 5.97. The lowest BCUT2D eigenvalue weighted by Crippen LogP contribution is -2.26. The lowest BCUT2D eigenvalue weighted by molar-refractivity contribution is -0.116. The van der Waals surface area contributed by atoms with Gasteiger partial charge in [0.25, 0.3) is 0 Å². The van der Waals surface area contributed by atoms with Crippen LogP contribution in [-0.4, -0.2) is 12.4 Å². The van der Waals surface area contributed by atoms with Gasteiger partial charge in [0.15, 0.2) is 6.29 Å². The third-order valence-electron chi connectivity index (χ3n) is 4.30. The molecule has 0 amide bonds. The van der Waals surface area contributed by atoms with E-state index in [1.54, 1.807) is 0 Å². The summed E-state index contributed by atoms with van der Waals surface area (Å²) < 4.78 is 11.8. The molecule has 2 unspecified atom stereocenters. The Balaban J connectivity index is 1.82. The number of benzene rings is 1. The predicted octanol–water partition coefficient (Wildman–Crippen LogP) is 5.27. The fourth-order valence-electron chi connectivity index (χ4n) is 2.80. The Bertz CT molecular complexity index is 379. The maximum Gasteiger partial charge on any atom is 0.197 e. The molecule has 1 aromatic rings. The Kier molecular flexibility index (Phi) is 5.90. The van der Waals surface area contributed by atoms with Crippen LogP contribution in [0.1, 0.15) is 70.8 Å². The molecule has 2 nitrogen and oxygen atoms in total. The van der Waals surface area contributed by atoms with Crippen LogP contribution in [0.3, 0.4) is 0 Å². The number of hydrogen-bond donors (Lipinski definition) is 0. The summed E-state index contributed by atoms with van der Waals surface area (Å²) >= 11 is 0. The average Bonchev–Trinajstić information content (AvgIpc) is 2.48. The molecule has 0 aromatic heterocycles. The summed E-state index contributed by atoms with van der Waals surface area (Å²) in [5, 5.41) is 0. The van der Waals surface area contributed by atoms with Crippen molar-refractivity contribution in [2.75, 3.05) is 0 Å². The van der Waals surface area contributed by atoms with Crippen molar-refractivity contribution in [3.05, 3.63) is 29.8 Å². The molecule has 0 saturated heterocycles. The van der Waals surface area contributed by atoms with Crippen LogP contribution in [-0.2, 0) is 4.74 Å². The molecule has 1 aliphatic rings. The SMILES string of the molecule is CCC(C)c1ccc(OC(C)OC2CCCCC2)cc1. The highest BCUT2D eigenvalue weighted by atomic mass is 16.7. The van der Waals surface area contributed by atoms with E-state index in [1.165, 1.54) is 44.1 Å². The van der Waals surface area contributed by atoms with Crippen LogP contribution in [0, 0.1) is 0 Å². The first-order chi connectivity index (χ1) is 9.69. The van der Waals surface area contributed by atoms with Crippen LogP contribution in [0.25, 0.3) is 0 Å². The smallest absolute Gasteiger partial charge is 0.197 e. The van der Waals surface area contributed by atoms with Gasteiger partial charge in [-0.2, -0.15) is 0 Å². The van der Waals surface area contributed by atoms with E-state index >= 15 is 0 Å². The van der Waals surface area contributed by atoms with Gasteiger partial charge in [0.1, 0.15) is 5.75 Å². The van der Waals surface area contributed by atoms with Crippen molar-refractivity contribution < 1.29 is 9.47 Å². The van der Waals surface area contributed by atoms with Gasteiger partial charge < -0.3 is 9.47 Å². The molecule has 1 fully saturated rings. The van der Waals surface area contributed by atoms with Crippen molar-refractivity contribution in [1.29, 1.82) is 0 Å². The van der Waals surface area contributed by atoms with Crippen LogP contribution >= 0.6 is 0 Å². The molecule has 2 atom stereocenters. The Morgan fingerprint density at radius 1 is 1.05 bits per heavy atom. The van der Waals surface area contributed by atoms with Crippen LogP contribution in [0.5, 0.6) is 5.75 Å². The highest BCUT2D eigenvalue weighted by molar-refractivity contribution is 5.29. The van der Waals surface area contributed by atoms with Crippen LogP contribution in [0.4, 0.5) is 0 Å². The minimum Gasteiger partial charge on any atom is -0.465 e. The quantitative estimate of drug-likeness (QED) is 0.659. The highest BCUT2D eigenvalue weighted by Crippen LogP contribution is 2.24. The van der Waals surface area contributed by atoms with Crippen molar-refractivity contribution in [3.63, 3.8) is 0 Å². The molecule has 0 heterocycles. The number of ether oxygens (including phenoxy) is 2. The van der Waals surface area contributed by atoms with E-state index in [2.05, 4.69) is 38.1 Å². The zero-order valence-corrected chi connectivity index (χ0v) is 13.1. The first-order valence-corrected chi connectivity index (χ1v) is 8.11. The maximum atomic E-state index is 5.97. The molecule has 1 saturated carbocycles.